The average Bonchev–Trinajstić information content (AvgIpc) is 2.58. The summed E-state index contributed by atoms with van der Waals surface area (Å²) < 4.78 is 0. The molecule has 3 aromatic rings. The molecule has 25 heavy (non-hydrogen) atoms. The van der Waals surface area contributed by atoms with Gasteiger partial charge < -0.3 is 15.9 Å². The van der Waals surface area contributed by atoms with Gasteiger partial charge in [0, 0.05) is 11.6 Å². The molecule has 0 bridgehead atoms. The minimum atomic E-state index is -2.02. The number of rotatable bonds is 1. The fraction of sp³-hybridized carbons (Fsp3) is 0.143. The van der Waals surface area contributed by atoms with Crippen molar-refractivity contribution in [3.63, 3.8) is 0 Å². The van der Waals surface area contributed by atoms with E-state index in [9.17, 15) is 10.2 Å². The SMILES string of the molecule is C[Si]1(C)c2cc(O)ccc2C(c2ccc(N)cc2)c2ccc(O)cc21. The highest BCUT2D eigenvalue weighted by Crippen LogP contribution is 2.37. The first-order valence-electron chi connectivity index (χ1n) is 8.40. The number of nitrogens with two attached hydrogens (primary N) is 1. The van der Waals surface area contributed by atoms with E-state index >= 15 is 0 Å². The summed E-state index contributed by atoms with van der Waals surface area (Å²) in [5.74, 6) is 0.658. The number of nitrogen functional groups attached to an aromatic ring is 1. The molecule has 0 amide bonds. The molecule has 0 aromatic heterocycles. The number of benzene rings is 3. The summed E-state index contributed by atoms with van der Waals surface area (Å²) in [4.78, 5) is 0. The van der Waals surface area contributed by atoms with Gasteiger partial charge in [0.1, 0.15) is 19.6 Å². The van der Waals surface area contributed by atoms with Gasteiger partial charge in [0.25, 0.3) is 0 Å². The zero-order valence-corrected chi connectivity index (χ0v) is 15.3. The molecule has 0 aliphatic carbocycles. The Kier molecular flexibility index (Phi) is 3.40. The molecule has 0 unspecified atom stereocenters. The van der Waals surface area contributed by atoms with Crippen LogP contribution in [-0.4, -0.2) is 18.3 Å². The molecule has 4 N–H and O–H groups in total. The summed E-state index contributed by atoms with van der Waals surface area (Å²) in [6.07, 6.45) is 0. The van der Waals surface area contributed by atoms with E-state index in [0.29, 0.717) is 11.5 Å². The summed E-state index contributed by atoms with van der Waals surface area (Å²) in [5, 5.41) is 22.6. The Hall–Kier alpha value is -2.72. The lowest BCUT2D eigenvalue weighted by molar-refractivity contribution is 0.475. The number of anilines is 1. The molecule has 1 heterocycles. The third-order valence-electron chi connectivity index (χ3n) is 5.31. The Morgan fingerprint density at radius 1 is 0.760 bits per heavy atom. The van der Waals surface area contributed by atoms with Crippen molar-refractivity contribution in [3.8, 4) is 11.5 Å². The van der Waals surface area contributed by atoms with E-state index in [-0.39, 0.29) is 5.92 Å². The molecule has 4 heteroatoms. The molecule has 3 aromatic carbocycles. The molecule has 0 atom stereocenters. The van der Waals surface area contributed by atoms with Gasteiger partial charge >= 0.3 is 0 Å². The fourth-order valence-electron chi connectivity index (χ4n) is 4.03. The van der Waals surface area contributed by atoms with Crippen molar-refractivity contribution in [1.82, 2.24) is 0 Å². The lowest BCUT2D eigenvalue weighted by Crippen LogP contribution is -2.59. The van der Waals surface area contributed by atoms with E-state index in [1.165, 1.54) is 21.5 Å². The fourth-order valence-corrected chi connectivity index (χ4v) is 7.24. The number of hydrogen-bond donors (Lipinski definition) is 3. The molecule has 3 nitrogen and oxygen atoms in total. The van der Waals surface area contributed by atoms with E-state index in [2.05, 4.69) is 25.2 Å². The highest BCUT2D eigenvalue weighted by Gasteiger charge is 2.39. The van der Waals surface area contributed by atoms with Gasteiger partial charge in [-0.3, -0.25) is 0 Å². The number of fused-ring (bicyclic) bond motifs is 2. The van der Waals surface area contributed by atoms with E-state index in [1.54, 1.807) is 12.1 Å². The van der Waals surface area contributed by atoms with Crippen LogP contribution in [0.15, 0.2) is 60.7 Å². The van der Waals surface area contributed by atoms with Crippen molar-refractivity contribution in [2.24, 2.45) is 0 Å². The zero-order chi connectivity index (χ0) is 17.8. The molecule has 0 saturated carbocycles. The van der Waals surface area contributed by atoms with Gasteiger partial charge in [-0.1, -0.05) is 37.4 Å². The van der Waals surface area contributed by atoms with Gasteiger partial charge in [-0.2, -0.15) is 0 Å². The number of phenolic OH excluding ortho intramolecular Hbond substituents is 2. The second-order valence-electron chi connectivity index (χ2n) is 7.27. The van der Waals surface area contributed by atoms with Crippen molar-refractivity contribution in [1.29, 1.82) is 0 Å². The van der Waals surface area contributed by atoms with Gasteiger partial charge in [0.05, 0.1) is 0 Å². The van der Waals surface area contributed by atoms with Gasteiger partial charge in [-0.25, -0.2) is 0 Å². The predicted molar refractivity (Wildman–Crippen MR) is 105 cm³/mol. The topological polar surface area (TPSA) is 66.5 Å². The van der Waals surface area contributed by atoms with E-state index in [4.69, 9.17) is 5.73 Å². The van der Waals surface area contributed by atoms with E-state index < -0.39 is 8.07 Å². The monoisotopic (exact) mass is 347 g/mol. The summed E-state index contributed by atoms with van der Waals surface area (Å²) in [5.41, 5.74) is 10.2. The van der Waals surface area contributed by atoms with E-state index in [1.807, 2.05) is 36.4 Å². The highest BCUT2D eigenvalue weighted by molar-refractivity contribution is 7.01. The molecular formula is C21H21NO2Si. The molecule has 1 aliphatic heterocycles. The van der Waals surface area contributed by atoms with Crippen LogP contribution in [0.5, 0.6) is 11.5 Å². The van der Waals surface area contributed by atoms with Crippen LogP contribution < -0.4 is 16.1 Å². The number of hydrogen-bond acceptors (Lipinski definition) is 3. The average molecular weight is 347 g/mol. The quantitative estimate of drug-likeness (QED) is 0.468. The van der Waals surface area contributed by atoms with Crippen molar-refractivity contribution in [3.05, 3.63) is 77.4 Å². The lowest BCUT2D eigenvalue weighted by atomic mass is 9.84. The first-order valence-corrected chi connectivity index (χ1v) is 11.4. The molecule has 0 radical (unpaired) electrons. The highest BCUT2D eigenvalue weighted by atomic mass is 28.3. The van der Waals surface area contributed by atoms with E-state index in [0.717, 1.165) is 11.3 Å². The van der Waals surface area contributed by atoms with Crippen LogP contribution in [0.1, 0.15) is 22.6 Å². The maximum atomic E-state index is 10.1. The summed E-state index contributed by atoms with van der Waals surface area (Å²) >= 11 is 0. The first kappa shape index (κ1) is 15.8. The van der Waals surface area contributed by atoms with Crippen LogP contribution in [-0.2, 0) is 0 Å². The van der Waals surface area contributed by atoms with Gasteiger partial charge in [0.15, 0.2) is 0 Å². The number of phenols is 2. The lowest BCUT2D eigenvalue weighted by Gasteiger charge is -2.38. The molecule has 4 rings (SSSR count). The van der Waals surface area contributed by atoms with Crippen LogP contribution in [0.3, 0.4) is 0 Å². The molecule has 0 saturated heterocycles. The van der Waals surface area contributed by atoms with Crippen LogP contribution in [0.25, 0.3) is 0 Å². The second kappa shape index (κ2) is 5.39. The first-order chi connectivity index (χ1) is 11.9. The summed E-state index contributed by atoms with van der Waals surface area (Å²) in [6.45, 7) is 4.53. The molecule has 0 fully saturated rings. The van der Waals surface area contributed by atoms with Crippen LogP contribution in [0.2, 0.25) is 13.1 Å². The van der Waals surface area contributed by atoms with Crippen molar-refractivity contribution >= 4 is 24.1 Å². The Labute approximate surface area is 148 Å². The third-order valence-corrected chi connectivity index (χ3v) is 8.87. The maximum absolute atomic E-state index is 10.1. The van der Waals surface area contributed by atoms with Gasteiger partial charge in [0.2, 0.25) is 0 Å². The molecule has 126 valence electrons. The predicted octanol–water partition coefficient (Wildman–Crippen LogP) is 3.00. The van der Waals surface area contributed by atoms with Gasteiger partial charge in [-0.05, 0) is 63.5 Å². The minimum absolute atomic E-state index is 0.0762. The van der Waals surface area contributed by atoms with Crippen LogP contribution in [0.4, 0.5) is 5.69 Å². The standard InChI is InChI=1S/C21H21NO2Si/c1-25(2)19-11-15(23)7-9-17(19)21(13-3-5-14(22)6-4-13)18-10-8-16(24)12-20(18)25/h3-12,21,23-24H,22H2,1-2H3. The van der Waals surface area contributed by atoms with Crippen molar-refractivity contribution < 1.29 is 10.2 Å². The smallest absolute Gasteiger partial charge is 0.115 e. The van der Waals surface area contributed by atoms with Crippen LogP contribution >= 0.6 is 0 Å². The Balaban J connectivity index is 2.04. The van der Waals surface area contributed by atoms with Crippen LogP contribution in [0, 0.1) is 0 Å². The Bertz CT molecular complexity index is 909. The molecule has 1 aliphatic rings. The largest absolute Gasteiger partial charge is 0.508 e. The molecular weight excluding hydrogens is 326 g/mol. The number of aromatic hydroxyl groups is 2. The summed E-state index contributed by atoms with van der Waals surface area (Å²) in [6, 6.07) is 19.4. The Morgan fingerprint density at radius 2 is 1.24 bits per heavy atom. The normalized spacial score (nSPS) is 15.4. The minimum Gasteiger partial charge on any atom is -0.508 e. The van der Waals surface area contributed by atoms with Crippen molar-refractivity contribution in [2.45, 2.75) is 19.0 Å². The summed E-state index contributed by atoms with van der Waals surface area (Å²) in [7, 11) is -2.02. The van der Waals surface area contributed by atoms with Gasteiger partial charge in [-0.15, -0.1) is 0 Å². The third kappa shape index (κ3) is 2.41. The second-order valence-corrected chi connectivity index (χ2v) is 11.6. The zero-order valence-electron chi connectivity index (χ0n) is 14.3. The van der Waals surface area contributed by atoms with Crippen molar-refractivity contribution in [2.75, 3.05) is 5.73 Å². The maximum Gasteiger partial charge on any atom is 0.115 e. The Morgan fingerprint density at radius 3 is 1.72 bits per heavy atom. The molecule has 0 spiro atoms.